The van der Waals surface area contributed by atoms with E-state index in [0.29, 0.717) is 21.6 Å². The third kappa shape index (κ3) is 4.72. The summed E-state index contributed by atoms with van der Waals surface area (Å²) in [6.45, 7) is 3.65. The number of terminal acetylenes is 1. The molecule has 0 aliphatic rings. The quantitative estimate of drug-likeness (QED) is 0.588. The van der Waals surface area contributed by atoms with Gasteiger partial charge in [0, 0.05) is 22.5 Å². The van der Waals surface area contributed by atoms with Crippen molar-refractivity contribution in [3.05, 3.63) is 62.9 Å². The van der Waals surface area contributed by atoms with Crippen LogP contribution in [0.4, 0.5) is 0 Å². The Morgan fingerprint density at radius 3 is 2.64 bits per heavy atom. The second-order valence-corrected chi connectivity index (χ2v) is 6.18. The average molecular weight is 375 g/mol. The van der Waals surface area contributed by atoms with Gasteiger partial charge in [0.25, 0.3) is 0 Å². The van der Waals surface area contributed by atoms with Gasteiger partial charge in [-0.25, -0.2) is 14.0 Å². The zero-order valence-electron chi connectivity index (χ0n) is 13.8. The normalized spacial score (nSPS) is 12.6. The third-order valence-corrected chi connectivity index (χ3v) is 3.53. The van der Waals surface area contributed by atoms with Crippen molar-refractivity contribution in [2.24, 2.45) is 4.99 Å². The van der Waals surface area contributed by atoms with E-state index in [1.54, 1.807) is 43.5 Å². The average Bonchev–Trinajstić information content (AvgIpc) is 2.89. The maximum atomic E-state index is 12.6. The van der Waals surface area contributed by atoms with E-state index in [9.17, 15) is 4.79 Å². The highest BCUT2D eigenvalue weighted by Crippen LogP contribution is 2.17. The molecule has 7 heteroatoms. The molecule has 0 aliphatic heterocycles. The van der Waals surface area contributed by atoms with Gasteiger partial charge in [-0.3, -0.25) is 4.99 Å². The van der Waals surface area contributed by atoms with Crippen molar-refractivity contribution in [1.29, 1.82) is 0 Å². The molecule has 1 heterocycles. The molecule has 0 radical (unpaired) electrons. The number of nitrogens with zero attached hydrogens (tertiary/aromatic N) is 4. The highest BCUT2D eigenvalue weighted by Gasteiger charge is 2.15. The largest absolute Gasteiger partial charge is 0.351 e. The predicted molar refractivity (Wildman–Crippen MR) is 103 cm³/mol. The zero-order chi connectivity index (χ0) is 18.4. The highest BCUT2D eigenvalue weighted by molar-refractivity contribution is 6.30. The Morgan fingerprint density at radius 2 is 2.04 bits per heavy atom. The van der Waals surface area contributed by atoms with Crippen LogP contribution < -0.4 is 5.69 Å². The molecule has 0 bridgehead atoms. The van der Waals surface area contributed by atoms with Crippen molar-refractivity contribution >= 4 is 35.0 Å². The van der Waals surface area contributed by atoms with Gasteiger partial charge >= 0.3 is 5.69 Å². The Bertz CT molecular complexity index is 937. The van der Waals surface area contributed by atoms with Gasteiger partial charge in [-0.15, -0.1) is 11.5 Å². The number of hydrogen-bond donors (Lipinski definition) is 0. The van der Waals surface area contributed by atoms with E-state index >= 15 is 0 Å². The number of allylic oxidation sites excluding steroid dienone is 3. The molecule has 0 N–H and O–H groups in total. The van der Waals surface area contributed by atoms with E-state index in [-0.39, 0.29) is 12.2 Å². The summed E-state index contributed by atoms with van der Waals surface area (Å²) in [6.07, 6.45) is 10.2. The summed E-state index contributed by atoms with van der Waals surface area (Å²) in [4.78, 5) is 16.7. The molecule has 0 atom stereocenters. The molecule has 128 valence electrons. The monoisotopic (exact) mass is 374 g/mol. The van der Waals surface area contributed by atoms with Crippen LogP contribution in [0, 0.1) is 12.3 Å². The van der Waals surface area contributed by atoms with Crippen molar-refractivity contribution in [2.45, 2.75) is 20.4 Å². The summed E-state index contributed by atoms with van der Waals surface area (Å²) in [5.74, 6) is 2.90. The lowest BCUT2D eigenvalue weighted by molar-refractivity contribution is 0.678. The summed E-state index contributed by atoms with van der Waals surface area (Å²) in [7, 11) is 0. The fourth-order valence-electron chi connectivity index (χ4n) is 2.05. The molecule has 1 aromatic carbocycles. The smallest absolute Gasteiger partial charge is 0.264 e. The Morgan fingerprint density at radius 1 is 1.36 bits per heavy atom. The first kappa shape index (κ1) is 18.8. The van der Waals surface area contributed by atoms with Gasteiger partial charge in [0.2, 0.25) is 0 Å². The minimum absolute atomic E-state index is 0.0853. The minimum atomic E-state index is -0.323. The lowest BCUT2D eigenvalue weighted by Gasteiger charge is -2.05. The van der Waals surface area contributed by atoms with Crippen LogP contribution in [0.3, 0.4) is 0 Å². The highest BCUT2D eigenvalue weighted by atomic mass is 35.5. The van der Waals surface area contributed by atoms with Crippen LogP contribution in [0.2, 0.25) is 5.02 Å². The Kier molecular flexibility index (Phi) is 6.40. The number of halogens is 2. The SMILES string of the molecule is C#CCn1nc(/C(C)=C/C=N\C=C(/C)Cl)n(-c2ccc(Cl)cc2)c1=O. The van der Waals surface area contributed by atoms with Crippen LogP contribution in [0.15, 0.2) is 51.4 Å². The lowest BCUT2D eigenvalue weighted by Crippen LogP contribution is -2.24. The zero-order valence-corrected chi connectivity index (χ0v) is 15.3. The van der Waals surface area contributed by atoms with Crippen LogP contribution in [-0.4, -0.2) is 20.6 Å². The van der Waals surface area contributed by atoms with Gasteiger partial charge in [0.15, 0.2) is 5.82 Å². The van der Waals surface area contributed by atoms with Crippen LogP contribution in [-0.2, 0) is 6.54 Å². The molecule has 2 aromatic rings. The molecule has 25 heavy (non-hydrogen) atoms. The summed E-state index contributed by atoms with van der Waals surface area (Å²) in [5.41, 5.74) is 1.07. The molecule has 0 aliphatic carbocycles. The Balaban J connectivity index is 2.55. The lowest BCUT2D eigenvalue weighted by atomic mass is 10.2. The second-order valence-electron chi connectivity index (χ2n) is 5.14. The second kappa shape index (κ2) is 8.52. The molecule has 1 aromatic heterocycles. The van der Waals surface area contributed by atoms with E-state index in [2.05, 4.69) is 16.0 Å². The topological polar surface area (TPSA) is 52.2 Å². The van der Waals surface area contributed by atoms with Gasteiger partial charge in [-0.2, -0.15) is 0 Å². The van der Waals surface area contributed by atoms with Crippen molar-refractivity contribution in [2.75, 3.05) is 0 Å². The predicted octanol–water partition coefficient (Wildman–Crippen LogP) is 3.89. The molecular formula is C18H16Cl2N4O. The summed E-state index contributed by atoms with van der Waals surface area (Å²) in [6, 6.07) is 6.91. The fourth-order valence-corrected chi connectivity index (χ4v) is 2.23. The Hall–Kier alpha value is -2.55. The molecule has 0 saturated heterocycles. The molecule has 0 fully saturated rings. The molecule has 5 nitrogen and oxygen atoms in total. The number of rotatable bonds is 5. The molecule has 0 amide bonds. The van der Waals surface area contributed by atoms with E-state index in [0.717, 1.165) is 5.57 Å². The molecule has 0 spiro atoms. The Labute approximate surface area is 155 Å². The van der Waals surface area contributed by atoms with Gasteiger partial charge in [0.1, 0.15) is 6.54 Å². The van der Waals surface area contributed by atoms with Gasteiger partial charge in [0.05, 0.1) is 5.69 Å². The third-order valence-electron chi connectivity index (χ3n) is 3.18. The van der Waals surface area contributed by atoms with Crippen molar-refractivity contribution in [3.63, 3.8) is 0 Å². The van der Waals surface area contributed by atoms with E-state index < -0.39 is 0 Å². The van der Waals surface area contributed by atoms with Gasteiger partial charge < -0.3 is 0 Å². The minimum Gasteiger partial charge on any atom is -0.264 e. The summed E-state index contributed by atoms with van der Waals surface area (Å²) >= 11 is 11.6. The van der Waals surface area contributed by atoms with Crippen LogP contribution in [0.5, 0.6) is 0 Å². The first-order valence-electron chi connectivity index (χ1n) is 7.36. The van der Waals surface area contributed by atoms with E-state index in [1.807, 2.05) is 6.92 Å². The van der Waals surface area contributed by atoms with Crippen molar-refractivity contribution in [3.8, 4) is 18.0 Å². The van der Waals surface area contributed by atoms with Crippen molar-refractivity contribution < 1.29 is 0 Å². The van der Waals surface area contributed by atoms with Crippen molar-refractivity contribution in [1.82, 2.24) is 14.3 Å². The van der Waals surface area contributed by atoms with Crippen LogP contribution >= 0.6 is 23.2 Å². The summed E-state index contributed by atoms with van der Waals surface area (Å²) in [5, 5.41) is 5.48. The molecule has 0 saturated carbocycles. The first-order valence-corrected chi connectivity index (χ1v) is 8.11. The van der Waals surface area contributed by atoms with Gasteiger partial charge in [-0.05, 0) is 49.8 Å². The van der Waals surface area contributed by atoms with Crippen LogP contribution in [0.1, 0.15) is 19.7 Å². The summed E-state index contributed by atoms with van der Waals surface area (Å²) < 4.78 is 2.72. The number of aliphatic imine (C=N–C) groups is 1. The van der Waals surface area contributed by atoms with E-state index in [1.165, 1.54) is 15.4 Å². The number of hydrogen-bond acceptors (Lipinski definition) is 3. The molecule has 0 unspecified atom stereocenters. The standard InChI is InChI=1S/C18H16Cl2N4O/c1-4-11-23-18(25)24(16-7-5-15(20)6-8-16)17(22-23)13(2)9-10-21-12-14(3)19/h1,5-10,12H,11H2,2-3H3/b13-9+,14-12+,21-10-. The fraction of sp³-hybridized carbons (Fsp3) is 0.167. The van der Waals surface area contributed by atoms with Gasteiger partial charge in [-0.1, -0.05) is 29.1 Å². The number of aromatic nitrogens is 3. The number of benzene rings is 1. The molecular weight excluding hydrogens is 359 g/mol. The maximum Gasteiger partial charge on any atom is 0.351 e. The maximum absolute atomic E-state index is 12.6. The first-order chi connectivity index (χ1) is 11.9. The van der Waals surface area contributed by atoms with Crippen LogP contribution in [0.25, 0.3) is 11.3 Å². The molecule has 2 rings (SSSR count). The van der Waals surface area contributed by atoms with E-state index in [4.69, 9.17) is 29.6 Å².